The third-order valence-electron chi connectivity index (χ3n) is 2.04. The molecule has 0 bridgehead atoms. The van der Waals surface area contributed by atoms with Gasteiger partial charge in [-0.2, -0.15) is 0 Å². The monoisotopic (exact) mass is 210 g/mol. The number of primary amides is 1. The predicted molar refractivity (Wildman–Crippen MR) is 58.0 cm³/mol. The molecule has 1 amide bonds. The molecule has 0 unspecified atom stereocenters. The molecule has 1 rings (SSSR count). The Kier molecular flexibility index (Phi) is 4.83. The van der Waals surface area contributed by atoms with Gasteiger partial charge in [-0.1, -0.05) is 6.92 Å². The molecule has 5 heteroatoms. The molecule has 0 aliphatic heterocycles. The maximum atomic E-state index is 10.6. The van der Waals surface area contributed by atoms with Crippen LogP contribution in [-0.2, 0) is 17.9 Å². The van der Waals surface area contributed by atoms with E-state index in [1.54, 1.807) is 6.33 Å². The highest BCUT2D eigenvalue weighted by molar-refractivity contribution is 5.73. The zero-order valence-corrected chi connectivity index (χ0v) is 9.07. The predicted octanol–water partition coefficient (Wildman–Crippen LogP) is 0.258. The summed E-state index contributed by atoms with van der Waals surface area (Å²) in [6.45, 7) is 4.50. The van der Waals surface area contributed by atoms with Gasteiger partial charge in [0.1, 0.15) is 0 Å². The molecule has 0 saturated heterocycles. The molecule has 1 aromatic heterocycles. The van der Waals surface area contributed by atoms with Crippen LogP contribution in [0.5, 0.6) is 0 Å². The molecule has 1 heterocycles. The van der Waals surface area contributed by atoms with E-state index in [4.69, 9.17) is 5.73 Å². The molecule has 15 heavy (non-hydrogen) atoms. The number of carbonyl (C=O) groups is 1. The van der Waals surface area contributed by atoms with Crippen LogP contribution in [-0.4, -0.2) is 22.0 Å². The van der Waals surface area contributed by atoms with Crippen molar-refractivity contribution in [2.45, 2.75) is 32.9 Å². The van der Waals surface area contributed by atoms with Crippen LogP contribution in [0.3, 0.4) is 0 Å². The van der Waals surface area contributed by atoms with Gasteiger partial charge in [0.25, 0.3) is 0 Å². The van der Waals surface area contributed by atoms with Crippen LogP contribution in [0.25, 0.3) is 0 Å². The van der Waals surface area contributed by atoms with Gasteiger partial charge < -0.3 is 15.6 Å². The van der Waals surface area contributed by atoms with Crippen LogP contribution in [0.15, 0.2) is 12.5 Å². The van der Waals surface area contributed by atoms with E-state index in [1.165, 1.54) is 0 Å². The SMILES string of the molecule is CCCNCc1cn(CCC(N)=O)cn1. The Morgan fingerprint density at radius 2 is 2.47 bits per heavy atom. The van der Waals surface area contributed by atoms with E-state index in [1.807, 2.05) is 10.8 Å². The highest BCUT2D eigenvalue weighted by Gasteiger charge is 1.99. The van der Waals surface area contributed by atoms with E-state index >= 15 is 0 Å². The summed E-state index contributed by atoms with van der Waals surface area (Å²) in [6.07, 6.45) is 5.14. The minimum atomic E-state index is -0.283. The second kappa shape index (κ2) is 6.19. The van der Waals surface area contributed by atoms with E-state index in [0.29, 0.717) is 13.0 Å². The van der Waals surface area contributed by atoms with E-state index in [-0.39, 0.29) is 5.91 Å². The van der Waals surface area contributed by atoms with Gasteiger partial charge in [0.2, 0.25) is 5.91 Å². The van der Waals surface area contributed by atoms with Crippen LogP contribution >= 0.6 is 0 Å². The van der Waals surface area contributed by atoms with Crippen LogP contribution in [0.2, 0.25) is 0 Å². The van der Waals surface area contributed by atoms with E-state index in [9.17, 15) is 4.79 Å². The third kappa shape index (κ3) is 4.60. The van der Waals surface area contributed by atoms with E-state index in [2.05, 4.69) is 17.2 Å². The standard InChI is InChI=1S/C10H18N4O/c1-2-4-12-6-9-7-14(8-13-9)5-3-10(11)15/h7-8,12H,2-6H2,1H3,(H2,11,15). The number of aromatic nitrogens is 2. The van der Waals surface area contributed by atoms with Crippen molar-refractivity contribution >= 4 is 5.91 Å². The molecule has 84 valence electrons. The van der Waals surface area contributed by atoms with Crippen LogP contribution in [0, 0.1) is 0 Å². The second-order valence-corrected chi connectivity index (χ2v) is 3.50. The average molecular weight is 210 g/mol. The lowest BCUT2D eigenvalue weighted by Crippen LogP contribution is -2.14. The quantitative estimate of drug-likeness (QED) is 0.634. The number of hydrogen-bond donors (Lipinski definition) is 2. The average Bonchev–Trinajstić information content (AvgIpc) is 2.63. The topological polar surface area (TPSA) is 72.9 Å². The molecule has 0 radical (unpaired) electrons. The lowest BCUT2D eigenvalue weighted by Gasteiger charge is -1.99. The van der Waals surface area contributed by atoms with Gasteiger partial charge in [-0.3, -0.25) is 4.79 Å². The summed E-state index contributed by atoms with van der Waals surface area (Å²) >= 11 is 0. The zero-order chi connectivity index (χ0) is 11.1. The van der Waals surface area contributed by atoms with Crippen molar-refractivity contribution in [3.63, 3.8) is 0 Å². The molecule has 3 N–H and O–H groups in total. The minimum absolute atomic E-state index is 0.283. The fourth-order valence-corrected chi connectivity index (χ4v) is 1.25. The Morgan fingerprint density at radius 3 is 3.13 bits per heavy atom. The number of amides is 1. The molecule has 0 aromatic carbocycles. The normalized spacial score (nSPS) is 10.5. The van der Waals surface area contributed by atoms with Crippen molar-refractivity contribution in [3.05, 3.63) is 18.2 Å². The van der Waals surface area contributed by atoms with Crippen molar-refractivity contribution in [1.82, 2.24) is 14.9 Å². The summed E-state index contributed by atoms with van der Waals surface area (Å²) in [5.74, 6) is -0.283. The number of hydrogen-bond acceptors (Lipinski definition) is 3. The smallest absolute Gasteiger partial charge is 0.219 e. The minimum Gasteiger partial charge on any atom is -0.370 e. The number of imidazole rings is 1. The highest BCUT2D eigenvalue weighted by Crippen LogP contribution is 1.97. The van der Waals surface area contributed by atoms with Gasteiger partial charge in [-0.25, -0.2) is 4.98 Å². The molecule has 5 nitrogen and oxygen atoms in total. The number of aryl methyl sites for hydroxylation is 1. The second-order valence-electron chi connectivity index (χ2n) is 3.50. The van der Waals surface area contributed by atoms with Gasteiger partial charge in [0, 0.05) is 25.7 Å². The van der Waals surface area contributed by atoms with E-state index in [0.717, 1.165) is 25.2 Å². The number of nitrogens with two attached hydrogens (primary N) is 1. The summed E-state index contributed by atoms with van der Waals surface area (Å²) < 4.78 is 1.88. The van der Waals surface area contributed by atoms with Crippen molar-refractivity contribution < 1.29 is 4.79 Å². The molecule has 0 spiro atoms. The van der Waals surface area contributed by atoms with Crippen LogP contribution in [0.4, 0.5) is 0 Å². The molecule has 0 aliphatic carbocycles. The summed E-state index contributed by atoms with van der Waals surface area (Å²) in [6, 6.07) is 0. The van der Waals surface area contributed by atoms with E-state index < -0.39 is 0 Å². The lowest BCUT2D eigenvalue weighted by molar-refractivity contribution is -0.118. The third-order valence-corrected chi connectivity index (χ3v) is 2.04. The van der Waals surface area contributed by atoms with Gasteiger partial charge in [0.15, 0.2) is 0 Å². The van der Waals surface area contributed by atoms with Gasteiger partial charge in [0.05, 0.1) is 12.0 Å². The largest absolute Gasteiger partial charge is 0.370 e. The first-order chi connectivity index (χ1) is 7.22. The van der Waals surface area contributed by atoms with Crippen LogP contribution in [0.1, 0.15) is 25.5 Å². The van der Waals surface area contributed by atoms with Crippen molar-refractivity contribution in [2.75, 3.05) is 6.54 Å². The van der Waals surface area contributed by atoms with Crippen molar-refractivity contribution in [1.29, 1.82) is 0 Å². The first kappa shape index (κ1) is 11.7. The Hall–Kier alpha value is -1.36. The van der Waals surface area contributed by atoms with Crippen molar-refractivity contribution in [3.8, 4) is 0 Å². The summed E-state index contributed by atoms with van der Waals surface area (Å²) in [7, 11) is 0. The summed E-state index contributed by atoms with van der Waals surface area (Å²) in [5, 5.41) is 3.26. The summed E-state index contributed by atoms with van der Waals surface area (Å²) in [5.41, 5.74) is 6.05. The highest BCUT2D eigenvalue weighted by atomic mass is 16.1. The van der Waals surface area contributed by atoms with Crippen LogP contribution < -0.4 is 11.1 Å². The first-order valence-electron chi connectivity index (χ1n) is 5.22. The summed E-state index contributed by atoms with van der Waals surface area (Å²) in [4.78, 5) is 14.8. The molecule has 0 atom stereocenters. The maximum absolute atomic E-state index is 10.6. The number of carbonyl (C=O) groups excluding carboxylic acids is 1. The molecule has 0 saturated carbocycles. The Morgan fingerprint density at radius 1 is 1.67 bits per heavy atom. The number of nitrogens with zero attached hydrogens (tertiary/aromatic N) is 2. The fourth-order valence-electron chi connectivity index (χ4n) is 1.25. The number of nitrogens with one attached hydrogen (secondary N) is 1. The van der Waals surface area contributed by atoms with Gasteiger partial charge in [-0.05, 0) is 13.0 Å². The number of rotatable bonds is 7. The Balaban J connectivity index is 2.32. The molecular weight excluding hydrogens is 192 g/mol. The molecule has 1 aromatic rings. The molecular formula is C10H18N4O. The Bertz CT molecular complexity index is 308. The van der Waals surface area contributed by atoms with Crippen molar-refractivity contribution in [2.24, 2.45) is 5.73 Å². The lowest BCUT2D eigenvalue weighted by atomic mass is 10.4. The fraction of sp³-hybridized carbons (Fsp3) is 0.600. The van der Waals surface area contributed by atoms with Gasteiger partial charge in [-0.15, -0.1) is 0 Å². The van der Waals surface area contributed by atoms with Gasteiger partial charge >= 0.3 is 0 Å². The Labute approximate surface area is 89.7 Å². The molecule has 0 aliphatic rings. The molecule has 0 fully saturated rings. The zero-order valence-electron chi connectivity index (χ0n) is 9.07. The first-order valence-corrected chi connectivity index (χ1v) is 5.22. The maximum Gasteiger partial charge on any atom is 0.219 e.